The molecule has 2 aromatic rings. The first kappa shape index (κ1) is 25.6. The fourth-order valence-corrected chi connectivity index (χ4v) is 6.87. The number of benzene rings is 2. The van der Waals surface area contributed by atoms with E-state index >= 15 is 4.39 Å². The number of alkyl halides is 2. The van der Waals surface area contributed by atoms with Gasteiger partial charge in [0.1, 0.15) is 17.7 Å². The summed E-state index contributed by atoms with van der Waals surface area (Å²) in [4.78, 5) is 14.3. The minimum atomic E-state index is -4.39. The zero-order chi connectivity index (χ0) is 25.5. The van der Waals surface area contributed by atoms with Crippen LogP contribution in [0.4, 0.5) is 17.6 Å². The van der Waals surface area contributed by atoms with Crippen LogP contribution in [0.1, 0.15) is 44.1 Å². The number of carbonyl (C=O) groups excluding carboxylic acids is 1. The lowest BCUT2D eigenvalue weighted by Crippen LogP contribution is -2.50. The lowest BCUT2D eigenvalue weighted by molar-refractivity contribution is -0.138. The van der Waals surface area contributed by atoms with Gasteiger partial charge in [-0.3, -0.25) is 4.79 Å². The minimum Gasteiger partial charge on any atom is -0.341 e. The Bertz CT molecular complexity index is 1230. The van der Waals surface area contributed by atoms with Crippen LogP contribution in [0.3, 0.4) is 0 Å². The maximum atomic E-state index is 15.2. The number of aryl methyl sites for hydroxylation is 1. The molecule has 10 heteroatoms. The summed E-state index contributed by atoms with van der Waals surface area (Å²) in [6.07, 6.45) is 0.294. The summed E-state index contributed by atoms with van der Waals surface area (Å²) in [6.45, 7) is 1.50. The van der Waals surface area contributed by atoms with E-state index in [0.717, 1.165) is 10.4 Å². The molecule has 0 radical (unpaired) electrons. The second-order valence-electron chi connectivity index (χ2n) is 9.36. The van der Waals surface area contributed by atoms with Crippen molar-refractivity contribution in [2.24, 2.45) is 0 Å². The largest absolute Gasteiger partial charge is 0.341 e. The number of amides is 1. The average Bonchev–Trinajstić information content (AvgIpc) is 3.31. The van der Waals surface area contributed by atoms with Crippen LogP contribution in [0.15, 0.2) is 41.3 Å². The molecule has 0 N–H and O–H groups in total. The summed E-state index contributed by atoms with van der Waals surface area (Å²) in [5, 5.41) is 0. The van der Waals surface area contributed by atoms with E-state index in [1.54, 1.807) is 0 Å². The number of hydrogen-bond acceptors (Lipinski definition) is 3. The summed E-state index contributed by atoms with van der Waals surface area (Å²) in [7, 11) is -2.88. The quantitative estimate of drug-likeness (QED) is 0.522. The first-order valence-electron chi connectivity index (χ1n) is 11.6. The van der Waals surface area contributed by atoms with E-state index in [9.17, 15) is 26.4 Å². The third-order valence-corrected chi connectivity index (χ3v) is 9.05. The Morgan fingerprint density at radius 3 is 2.37 bits per heavy atom. The molecule has 190 valence electrons. The molecule has 2 aliphatic rings. The molecule has 0 aromatic heterocycles. The topological polar surface area (TPSA) is 57.7 Å². The van der Waals surface area contributed by atoms with Crippen LogP contribution < -0.4 is 0 Å². The van der Waals surface area contributed by atoms with E-state index < -0.39 is 50.5 Å². The number of likely N-dealkylation sites (N-methyl/N-ethyl adjacent to an activating group) is 1. The summed E-state index contributed by atoms with van der Waals surface area (Å²) < 4.78 is 85.6. The van der Waals surface area contributed by atoms with Gasteiger partial charge in [-0.15, -0.1) is 0 Å². The van der Waals surface area contributed by atoms with E-state index in [1.165, 1.54) is 49.2 Å². The maximum absolute atomic E-state index is 15.2. The van der Waals surface area contributed by atoms with Crippen molar-refractivity contribution in [1.82, 2.24) is 9.21 Å². The highest BCUT2D eigenvalue weighted by Gasteiger charge is 2.44. The van der Waals surface area contributed by atoms with Crippen molar-refractivity contribution in [2.45, 2.75) is 68.4 Å². The summed E-state index contributed by atoms with van der Waals surface area (Å²) in [5.41, 5.74) is -0.399. The molecule has 1 aliphatic carbocycles. The van der Waals surface area contributed by atoms with Crippen molar-refractivity contribution in [1.29, 1.82) is 0 Å². The molecule has 2 aromatic carbocycles. The second-order valence-corrected chi connectivity index (χ2v) is 11.2. The zero-order valence-electron chi connectivity index (χ0n) is 19.6. The van der Waals surface area contributed by atoms with E-state index in [0.29, 0.717) is 6.42 Å². The predicted molar refractivity (Wildman–Crippen MR) is 123 cm³/mol. The number of carbonyl (C=O) groups is 1. The van der Waals surface area contributed by atoms with Crippen LogP contribution in [0, 0.1) is 18.6 Å². The van der Waals surface area contributed by atoms with Crippen molar-refractivity contribution >= 4 is 15.9 Å². The Morgan fingerprint density at radius 1 is 1.06 bits per heavy atom. The highest BCUT2D eigenvalue weighted by atomic mass is 32.2. The number of rotatable bonds is 5. The minimum absolute atomic E-state index is 0.0432. The van der Waals surface area contributed by atoms with Gasteiger partial charge in [0.2, 0.25) is 21.9 Å². The molecule has 0 unspecified atom stereocenters. The molecule has 5 nitrogen and oxygen atoms in total. The molecule has 1 amide bonds. The van der Waals surface area contributed by atoms with Crippen molar-refractivity contribution < 1.29 is 30.8 Å². The van der Waals surface area contributed by atoms with Crippen LogP contribution in [0.5, 0.6) is 0 Å². The molecule has 0 bridgehead atoms. The molecule has 1 saturated heterocycles. The van der Waals surface area contributed by atoms with Crippen LogP contribution >= 0.6 is 0 Å². The molecule has 1 saturated carbocycles. The van der Waals surface area contributed by atoms with Gasteiger partial charge in [-0.05, 0) is 50.3 Å². The van der Waals surface area contributed by atoms with Gasteiger partial charge in [-0.25, -0.2) is 26.0 Å². The number of hydrogen-bond donors (Lipinski definition) is 0. The van der Waals surface area contributed by atoms with Crippen molar-refractivity contribution in [3.05, 3.63) is 53.6 Å². The van der Waals surface area contributed by atoms with Gasteiger partial charge in [0.05, 0.1) is 4.90 Å². The van der Waals surface area contributed by atoms with Crippen LogP contribution in [0.25, 0.3) is 11.1 Å². The summed E-state index contributed by atoms with van der Waals surface area (Å²) in [5.74, 6) is -4.84. The van der Waals surface area contributed by atoms with E-state index in [2.05, 4.69) is 0 Å². The predicted octanol–water partition coefficient (Wildman–Crippen LogP) is 5.13. The Balaban J connectivity index is 1.68. The summed E-state index contributed by atoms with van der Waals surface area (Å²) >= 11 is 0. The summed E-state index contributed by atoms with van der Waals surface area (Å²) in [6, 6.07) is 6.46. The highest BCUT2D eigenvalue weighted by molar-refractivity contribution is 7.89. The van der Waals surface area contributed by atoms with Gasteiger partial charge in [0.25, 0.3) is 0 Å². The molecular formula is C25H28F4N2O3S. The first-order valence-corrected chi connectivity index (χ1v) is 13.1. The average molecular weight is 513 g/mol. The van der Waals surface area contributed by atoms with Crippen molar-refractivity contribution in [2.75, 3.05) is 13.6 Å². The molecular weight excluding hydrogens is 484 g/mol. The second kappa shape index (κ2) is 9.54. The molecule has 1 heterocycles. The number of nitrogens with zero attached hydrogens (tertiary/aromatic N) is 2. The monoisotopic (exact) mass is 512 g/mol. The third-order valence-electron chi connectivity index (χ3n) is 7.10. The maximum Gasteiger partial charge on any atom is 0.248 e. The first-order chi connectivity index (χ1) is 16.4. The Labute approximate surface area is 202 Å². The van der Waals surface area contributed by atoms with Gasteiger partial charge < -0.3 is 4.90 Å². The fourth-order valence-electron chi connectivity index (χ4n) is 5.02. The lowest BCUT2D eigenvalue weighted by atomic mass is 9.91. The SMILES string of the molecule is Cc1ccc(S(=O)(=O)N2CCC[C@H]2C(=O)N(C)C2CCC(F)(F)CC2)c(-c2ccccc2F)c1F. The zero-order valence-corrected chi connectivity index (χ0v) is 20.4. The number of sulfonamides is 1. The standard InChI is InChI=1S/C25H28F4N2O3S/c1-16-9-10-21(22(23(16)27)18-6-3-4-7-19(18)26)35(33,34)31-15-5-8-20(31)24(32)30(2)17-11-13-25(28,29)14-12-17/h3-4,6-7,9-10,17,20H,5,8,11-15H2,1-2H3/t20-/m0/s1. The van der Waals surface area contributed by atoms with E-state index in [1.807, 2.05) is 0 Å². The smallest absolute Gasteiger partial charge is 0.248 e. The molecule has 1 aliphatic heterocycles. The normalized spacial score (nSPS) is 21.3. The molecule has 1 atom stereocenters. The van der Waals surface area contributed by atoms with Gasteiger partial charge in [-0.2, -0.15) is 4.31 Å². The Hall–Kier alpha value is -2.46. The van der Waals surface area contributed by atoms with Gasteiger partial charge in [-0.1, -0.05) is 24.3 Å². The Morgan fingerprint density at radius 2 is 1.71 bits per heavy atom. The van der Waals surface area contributed by atoms with E-state index in [4.69, 9.17) is 0 Å². The van der Waals surface area contributed by atoms with Crippen LogP contribution in [-0.4, -0.2) is 55.1 Å². The Kier molecular flexibility index (Phi) is 6.98. The van der Waals surface area contributed by atoms with Gasteiger partial charge in [0.15, 0.2) is 0 Å². The molecule has 4 rings (SSSR count). The van der Waals surface area contributed by atoms with Gasteiger partial charge >= 0.3 is 0 Å². The molecule has 35 heavy (non-hydrogen) atoms. The van der Waals surface area contributed by atoms with Gasteiger partial charge in [0, 0.05) is 43.6 Å². The number of halogens is 4. The molecule has 0 spiro atoms. The molecule has 2 fully saturated rings. The van der Waals surface area contributed by atoms with Crippen LogP contribution in [0.2, 0.25) is 0 Å². The fraction of sp³-hybridized carbons (Fsp3) is 0.480. The highest BCUT2D eigenvalue weighted by Crippen LogP contribution is 2.38. The van der Waals surface area contributed by atoms with E-state index in [-0.39, 0.29) is 55.3 Å². The lowest BCUT2D eigenvalue weighted by Gasteiger charge is -2.37. The van der Waals surface area contributed by atoms with Crippen molar-refractivity contribution in [3.8, 4) is 11.1 Å². The third kappa shape index (κ3) is 4.82. The van der Waals surface area contributed by atoms with Crippen molar-refractivity contribution in [3.63, 3.8) is 0 Å². The van der Waals surface area contributed by atoms with Crippen LogP contribution in [-0.2, 0) is 14.8 Å².